The molecule has 0 bridgehead atoms. The average molecular weight is 542 g/mol. The first kappa shape index (κ1) is 27.0. The SMILES string of the molecule is CC[C@@H]1CN(Cc2cc([C@@H](c3ccc(C(C)=O)s3)[C@@H](C)OC=O)ccc2C)S(=O)(=O)c2ccccc2O1. The summed E-state index contributed by atoms with van der Waals surface area (Å²) in [6, 6.07) is 16.3. The number of benzene rings is 2. The second-order valence-corrected chi connectivity index (χ2v) is 12.3. The number of fused-ring (bicyclic) bond motifs is 1. The lowest BCUT2D eigenvalue weighted by Crippen LogP contribution is -2.36. The van der Waals surface area contributed by atoms with Gasteiger partial charge in [-0.05, 0) is 68.1 Å². The summed E-state index contributed by atoms with van der Waals surface area (Å²) in [5.41, 5.74) is 2.67. The molecule has 1 aliphatic heterocycles. The van der Waals surface area contributed by atoms with Gasteiger partial charge in [0.25, 0.3) is 6.47 Å². The molecule has 0 fully saturated rings. The van der Waals surface area contributed by atoms with E-state index in [0.717, 1.165) is 21.6 Å². The molecule has 0 aliphatic carbocycles. The second-order valence-electron chi connectivity index (χ2n) is 9.25. The number of rotatable bonds is 9. The third kappa shape index (κ3) is 5.63. The summed E-state index contributed by atoms with van der Waals surface area (Å²) in [6.07, 6.45) is -0.0937. The van der Waals surface area contributed by atoms with Crippen molar-refractivity contribution in [2.75, 3.05) is 6.54 Å². The van der Waals surface area contributed by atoms with Crippen LogP contribution in [0.25, 0.3) is 0 Å². The van der Waals surface area contributed by atoms with Crippen LogP contribution in [0, 0.1) is 6.92 Å². The highest BCUT2D eigenvalue weighted by Crippen LogP contribution is 2.37. The predicted octanol–water partition coefficient (Wildman–Crippen LogP) is 5.31. The Labute approximate surface area is 222 Å². The van der Waals surface area contributed by atoms with Gasteiger partial charge in [0, 0.05) is 11.4 Å². The molecule has 9 heteroatoms. The van der Waals surface area contributed by atoms with Gasteiger partial charge in [-0.1, -0.05) is 37.3 Å². The maximum atomic E-state index is 13.7. The van der Waals surface area contributed by atoms with Crippen molar-refractivity contribution < 1.29 is 27.5 Å². The molecule has 1 aliphatic rings. The lowest BCUT2D eigenvalue weighted by atomic mass is 9.90. The molecule has 2 heterocycles. The predicted molar refractivity (Wildman–Crippen MR) is 143 cm³/mol. The Balaban J connectivity index is 1.74. The van der Waals surface area contributed by atoms with Crippen LogP contribution in [-0.2, 0) is 26.1 Å². The number of aryl methyl sites for hydroxylation is 1. The number of hydrogen-bond acceptors (Lipinski definition) is 7. The number of ketones is 1. The third-order valence-electron chi connectivity index (χ3n) is 6.72. The highest BCUT2D eigenvalue weighted by molar-refractivity contribution is 7.89. The van der Waals surface area contributed by atoms with Crippen LogP contribution in [0.4, 0.5) is 0 Å². The van der Waals surface area contributed by atoms with Crippen molar-refractivity contribution in [3.8, 4) is 5.75 Å². The van der Waals surface area contributed by atoms with E-state index in [0.29, 0.717) is 23.5 Å². The number of ether oxygens (including phenoxy) is 2. The molecule has 196 valence electrons. The highest BCUT2D eigenvalue weighted by atomic mass is 32.2. The molecule has 4 rings (SSSR count). The Morgan fingerprint density at radius 3 is 2.65 bits per heavy atom. The zero-order valence-corrected chi connectivity index (χ0v) is 23.0. The fraction of sp³-hybridized carbons (Fsp3) is 0.357. The maximum Gasteiger partial charge on any atom is 0.293 e. The summed E-state index contributed by atoms with van der Waals surface area (Å²) in [5.74, 6) is 0.0416. The molecule has 7 nitrogen and oxygen atoms in total. The van der Waals surface area contributed by atoms with Gasteiger partial charge in [0.05, 0.1) is 17.3 Å². The second kappa shape index (κ2) is 11.2. The van der Waals surface area contributed by atoms with Gasteiger partial charge >= 0.3 is 0 Å². The zero-order valence-electron chi connectivity index (χ0n) is 21.3. The van der Waals surface area contributed by atoms with Gasteiger partial charge in [0.2, 0.25) is 10.0 Å². The molecule has 0 radical (unpaired) electrons. The van der Waals surface area contributed by atoms with Crippen molar-refractivity contribution in [2.45, 2.75) is 63.7 Å². The molecule has 1 aromatic heterocycles. The number of hydrogen-bond donors (Lipinski definition) is 0. The van der Waals surface area contributed by atoms with E-state index in [-0.39, 0.29) is 35.8 Å². The minimum absolute atomic E-state index is 0.0251. The van der Waals surface area contributed by atoms with Gasteiger partial charge < -0.3 is 9.47 Å². The van der Waals surface area contributed by atoms with E-state index in [2.05, 4.69) is 0 Å². The van der Waals surface area contributed by atoms with E-state index in [9.17, 15) is 18.0 Å². The van der Waals surface area contributed by atoms with Crippen molar-refractivity contribution >= 4 is 33.6 Å². The summed E-state index contributed by atoms with van der Waals surface area (Å²) in [4.78, 5) is 24.8. The molecule has 37 heavy (non-hydrogen) atoms. The van der Waals surface area contributed by atoms with Crippen LogP contribution < -0.4 is 4.74 Å². The monoisotopic (exact) mass is 541 g/mol. The Bertz CT molecular complexity index is 1400. The van der Waals surface area contributed by atoms with E-state index >= 15 is 0 Å². The molecular formula is C28H31NO6S2. The van der Waals surface area contributed by atoms with Gasteiger partial charge in [-0.3, -0.25) is 9.59 Å². The standard InChI is InChI=1S/C28H31NO6S2/c1-5-23-16-29(37(32,33)27-9-7-6-8-24(27)35-23)15-22-14-21(11-10-18(22)2)28(20(4)34-17-30)26-13-12-25(36-26)19(3)31/h6-14,17,20,23,28H,5,15-16H2,1-4H3/t20-,23-,28+/m1/s1. The number of sulfonamides is 1. The largest absolute Gasteiger partial charge is 0.488 e. The molecule has 3 atom stereocenters. The van der Waals surface area contributed by atoms with Gasteiger partial charge in [-0.15, -0.1) is 11.3 Å². The number of nitrogens with zero attached hydrogens (tertiary/aromatic N) is 1. The van der Waals surface area contributed by atoms with E-state index in [4.69, 9.17) is 9.47 Å². The first-order valence-electron chi connectivity index (χ1n) is 12.2. The van der Waals surface area contributed by atoms with Gasteiger partial charge in [-0.25, -0.2) is 8.42 Å². The Kier molecular flexibility index (Phi) is 8.16. The van der Waals surface area contributed by atoms with Crippen LogP contribution in [0.2, 0.25) is 0 Å². The Hall–Kier alpha value is -3.01. The molecule has 0 spiro atoms. The molecule has 0 saturated heterocycles. The molecule has 3 aromatic rings. The minimum atomic E-state index is -3.79. The first-order chi connectivity index (χ1) is 17.6. The number of para-hydroxylation sites is 1. The first-order valence-corrected chi connectivity index (χ1v) is 14.5. The summed E-state index contributed by atoms with van der Waals surface area (Å²) in [5, 5.41) is 0. The lowest BCUT2D eigenvalue weighted by molar-refractivity contribution is -0.133. The Morgan fingerprint density at radius 1 is 1.22 bits per heavy atom. The van der Waals surface area contributed by atoms with Crippen LogP contribution in [0.3, 0.4) is 0 Å². The zero-order chi connectivity index (χ0) is 26.7. The van der Waals surface area contributed by atoms with E-state index < -0.39 is 16.1 Å². The quantitative estimate of drug-likeness (QED) is 0.269. The van der Waals surface area contributed by atoms with Crippen molar-refractivity contribution in [3.05, 3.63) is 81.0 Å². The number of Topliss-reactive ketones (excluding diaryl/α,β-unsaturated/α-hetero) is 1. The van der Waals surface area contributed by atoms with Crippen LogP contribution >= 0.6 is 11.3 Å². The topological polar surface area (TPSA) is 90.0 Å². The molecule has 0 N–H and O–H groups in total. The van der Waals surface area contributed by atoms with Crippen LogP contribution in [0.15, 0.2) is 59.5 Å². The summed E-state index contributed by atoms with van der Waals surface area (Å²) < 4.78 is 40.2. The lowest BCUT2D eigenvalue weighted by Gasteiger charge is -2.26. The van der Waals surface area contributed by atoms with Gasteiger partial charge in [0.1, 0.15) is 22.9 Å². The molecule has 0 amide bonds. The summed E-state index contributed by atoms with van der Waals surface area (Å²) >= 11 is 1.37. The van der Waals surface area contributed by atoms with Crippen LogP contribution in [0.1, 0.15) is 64.3 Å². The molecule has 2 aromatic carbocycles. The average Bonchev–Trinajstić information content (AvgIpc) is 3.31. The van der Waals surface area contributed by atoms with Crippen molar-refractivity contribution in [1.82, 2.24) is 4.31 Å². The normalized spacial score (nSPS) is 18.6. The minimum Gasteiger partial charge on any atom is -0.488 e. The van der Waals surface area contributed by atoms with E-state index in [1.165, 1.54) is 22.6 Å². The fourth-order valence-corrected chi connectivity index (χ4v) is 7.29. The van der Waals surface area contributed by atoms with Crippen molar-refractivity contribution in [2.24, 2.45) is 0 Å². The van der Waals surface area contributed by atoms with Crippen LogP contribution in [-0.4, -0.2) is 43.7 Å². The molecule has 0 saturated carbocycles. The number of thiophene rings is 1. The van der Waals surface area contributed by atoms with E-state index in [1.54, 1.807) is 30.3 Å². The highest BCUT2D eigenvalue weighted by Gasteiger charge is 2.34. The van der Waals surface area contributed by atoms with Gasteiger partial charge in [-0.2, -0.15) is 4.31 Å². The smallest absolute Gasteiger partial charge is 0.293 e. The van der Waals surface area contributed by atoms with Crippen molar-refractivity contribution in [3.63, 3.8) is 0 Å². The maximum absolute atomic E-state index is 13.7. The van der Waals surface area contributed by atoms with Gasteiger partial charge in [0.15, 0.2) is 5.78 Å². The molecule has 0 unspecified atom stereocenters. The summed E-state index contributed by atoms with van der Waals surface area (Å²) in [6.45, 7) is 8.10. The third-order valence-corrected chi connectivity index (χ3v) is 9.84. The van der Waals surface area contributed by atoms with Crippen molar-refractivity contribution in [1.29, 1.82) is 0 Å². The Morgan fingerprint density at radius 2 is 1.97 bits per heavy atom. The number of carbonyl (C=O) groups is 2. The van der Waals surface area contributed by atoms with E-state index in [1.807, 2.05) is 45.0 Å². The fourth-order valence-electron chi connectivity index (χ4n) is 4.59. The number of carbonyl (C=O) groups excluding carboxylic acids is 2. The molecular weight excluding hydrogens is 510 g/mol. The summed E-state index contributed by atoms with van der Waals surface area (Å²) in [7, 11) is -3.79. The van der Waals surface area contributed by atoms with Crippen LogP contribution in [0.5, 0.6) is 5.75 Å².